The zero-order valence-corrected chi connectivity index (χ0v) is 68.0. The summed E-state index contributed by atoms with van der Waals surface area (Å²) in [5.74, 6) is 4.88. The molecule has 0 unspecified atom stereocenters. The minimum absolute atomic E-state index is 0.0121. The van der Waals surface area contributed by atoms with Gasteiger partial charge in [0.1, 0.15) is 56.5 Å². The van der Waals surface area contributed by atoms with Crippen LogP contribution in [-0.2, 0) is 35.6 Å². The number of amidine groups is 3. The minimum atomic E-state index is -0.850. The van der Waals surface area contributed by atoms with Crippen LogP contribution >= 0.6 is 51.2 Å². The van der Waals surface area contributed by atoms with Gasteiger partial charge in [0, 0.05) is 116 Å². The Hall–Kier alpha value is -10.5. The van der Waals surface area contributed by atoms with Gasteiger partial charge in [0.15, 0.2) is 15.5 Å². The van der Waals surface area contributed by atoms with Crippen molar-refractivity contribution in [1.29, 1.82) is 10.5 Å². The number of aliphatic imine (C=N–C) groups is 3. The number of nitrogens with two attached hydrogens (primary N) is 1. The summed E-state index contributed by atoms with van der Waals surface area (Å²) in [5.41, 5.74) is 9.09. The Balaban J connectivity index is 0.000000157. The Labute approximate surface area is 668 Å². The highest BCUT2D eigenvalue weighted by Gasteiger charge is 2.56. The van der Waals surface area contributed by atoms with E-state index in [0.717, 1.165) is 83.0 Å². The summed E-state index contributed by atoms with van der Waals surface area (Å²) < 4.78 is 23.5. The number of hydrogen-bond acceptors (Lipinski definition) is 26. The molecular formula is C82H88BrN17O8S3. The third-order valence-corrected chi connectivity index (χ3v) is 22.5. The highest BCUT2D eigenvalue weighted by molar-refractivity contribution is 9.10. The molecule has 3 fully saturated rings. The van der Waals surface area contributed by atoms with Crippen LogP contribution in [0.1, 0.15) is 111 Å². The summed E-state index contributed by atoms with van der Waals surface area (Å²) in [4.78, 5) is 104. The fourth-order valence-corrected chi connectivity index (χ4v) is 17.9. The number of anilines is 3. The zero-order chi connectivity index (χ0) is 79.3. The van der Waals surface area contributed by atoms with Crippen molar-refractivity contribution in [3.05, 3.63) is 209 Å². The normalized spacial score (nSPS) is 21.2. The molecule has 0 bridgehead atoms. The van der Waals surface area contributed by atoms with E-state index < -0.39 is 63.4 Å². The van der Waals surface area contributed by atoms with Gasteiger partial charge in [-0.15, -0.1) is 0 Å². The number of aromatic nitrogens is 6. The number of carbonyl (C=O) groups is 4. The monoisotopic (exact) mass is 1610 g/mol. The van der Waals surface area contributed by atoms with E-state index in [4.69, 9.17) is 39.7 Å². The van der Waals surface area contributed by atoms with Crippen LogP contribution in [0.15, 0.2) is 197 Å². The number of halogens is 1. The molecule has 0 aliphatic carbocycles. The summed E-state index contributed by atoms with van der Waals surface area (Å²) in [5, 5.41) is 19.8. The SMILES string of the molecule is CC(C)(C)OC(=O)N(C(=O)OC(C)(C)C)C1=N[C@@]2(c3cccc(-c4cccc(C#N)c4)c3)CN(c3cnccn3)C[C@H]2CS1.CC(C)(C)OC(=O)N(C(=O)OC(C)(C)C)C1=N[C@@]2(c3cccc(Br)c3)CN(c3cnccn3)C[C@H]2CS1.N#Cc1cccc(-c2cccc([C@]34CN(c5cnccn5)C[C@H]3CSC(N)=N4)c2)c1. The molecule has 4 amide bonds. The predicted octanol–water partition coefficient (Wildman–Crippen LogP) is 15.9. The topological polar surface area (TPSA) is 309 Å². The van der Waals surface area contributed by atoms with Crippen LogP contribution < -0.4 is 20.4 Å². The van der Waals surface area contributed by atoms with Gasteiger partial charge in [-0.1, -0.05) is 124 Å². The summed E-state index contributed by atoms with van der Waals surface area (Å²) >= 11 is 7.89. The molecule has 8 aromatic rings. The maximum atomic E-state index is 13.6. The third-order valence-electron chi connectivity index (χ3n) is 18.8. The standard InChI is InChI=1S/C33H36N6O4S.C26H32BrN5O4S.C23H20N6S/c1-31(2,3)42-29(40)39(30(41)43-32(4,5)6)28-37-33(21-38(19-26(33)20-44-28)27-18-35-13-14-36-27)25-12-8-11-24(16-25)23-10-7-9-22(15-23)17-34;1-24(2,3)35-22(33)32(23(34)36-25(4,5)6)21-30-26(17-8-7-9-19(27)12-17)16-31(14-18(26)15-37-21)20-13-28-10-11-29-20;24-11-16-3-1-4-17(9-16)18-5-2-6-19(10-18)23-15-29(21-12-26-7-8-27-21)13-20(23)14-30-22(25)28-23/h7-16,18,26H,19-21H2,1-6H3;7-13,18H,14-16H2,1-6H3;1-10,12,20H,13-15H2,(H2,25,28)/t26-,33+;18-,26+;20-,23+/m000/s1. The molecular weight excluding hydrogens is 1530 g/mol. The fourth-order valence-electron chi connectivity index (χ4n) is 14.0. The van der Waals surface area contributed by atoms with Crippen LogP contribution in [0, 0.1) is 40.4 Å². The van der Waals surface area contributed by atoms with Crippen LogP contribution in [-0.4, -0.2) is 159 Å². The third kappa shape index (κ3) is 18.8. The molecule has 29 heteroatoms. The second-order valence-corrected chi connectivity index (χ2v) is 35.4. The van der Waals surface area contributed by atoms with Crippen molar-refractivity contribution in [2.75, 3.05) is 71.2 Å². The summed E-state index contributed by atoms with van der Waals surface area (Å²) in [7, 11) is 0. The number of rotatable bonds is 8. The van der Waals surface area contributed by atoms with E-state index in [1.807, 2.05) is 84.9 Å². The first kappa shape index (κ1) is 80.1. The molecule has 111 heavy (non-hydrogen) atoms. The van der Waals surface area contributed by atoms with Crippen molar-refractivity contribution in [1.82, 2.24) is 39.7 Å². The van der Waals surface area contributed by atoms with Gasteiger partial charge in [0.25, 0.3) is 0 Å². The Morgan fingerprint density at radius 1 is 0.450 bits per heavy atom. The van der Waals surface area contributed by atoms with Gasteiger partial charge < -0.3 is 39.4 Å². The average molecular weight is 1620 g/mol. The number of fused-ring (bicyclic) bond motifs is 3. The van der Waals surface area contributed by atoms with Crippen molar-refractivity contribution in [3.8, 4) is 34.4 Å². The van der Waals surface area contributed by atoms with Crippen LogP contribution in [0.3, 0.4) is 0 Å². The van der Waals surface area contributed by atoms with Crippen molar-refractivity contribution in [2.45, 2.75) is 122 Å². The lowest BCUT2D eigenvalue weighted by molar-refractivity contribution is 0.0128. The van der Waals surface area contributed by atoms with Gasteiger partial charge in [-0.2, -0.15) is 20.3 Å². The first-order valence-electron chi connectivity index (χ1n) is 36.2. The molecule has 9 heterocycles. The minimum Gasteiger partial charge on any atom is -0.443 e. The first-order valence-corrected chi connectivity index (χ1v) is 39.9. The van der Waals surface area contributed by atoms with Crippen LogP contribution in [0.2, 0.25) is 0 Å². The van der Waals surface area contributed by atoms with Crippen molar-refractivity contribution < 1.29 is 38.1 Å². The van der Waals surface area contributed by atoms with Gasteiger partial charge >= 0.3 is 24.4 Å². The molecule has 3 aromatic heterocycles. The Kier molecular flexibility index (Phi) is 23.7. The predicted molar refractivity (Wildman–Crippen MR) is 438 cm³/mol. The largest absolute Gasteiger partial charge is 0.443 e. The maximum Gasteiger partial charge on any atom is 0.426 e. The van der Waals surface area contributed by atoms with E-state index in [2.05, 4.69) is 103 Å². The molecule has 574 valence electrons. The number of imide groups is 2. The molecule has 2 N–H and O–H groups in total. The average Bonchev–Trinajstić information content (AvgIpc) is 1.61. The summed E-state index contributed by atoms with van der Waals surface area (Å²) in [6.45, 7) is 24.8. The quantitative estimate of drug-likeness (QED) is 0.138. The maximum absolute atomic E-state index is 13.6. The number of hydrogen-bond donors (Lipinski definition) is 1. The lowest BCUT2D eigenvalue weighted by Gasteiger charge is -2.38. The molecule has 5 aromatic carbocycles. The van der Waals surface area contributed by atoms with E-state index in [0.29, 0.717) is 66.4 Å². The number of amides is 4. The molecule has 6 aliphatic rings. The number of benzene rings is 5. The van der Waals surface area contributed by atoms with E-state index in [1.165, 1.54) is 23.5 Å². The molecule has 6 atom stereocenters. The lowest BCUT2D eigenvalue weighted by atomic mass is 9.81. The van der Waals surface area contributed by atoms with Gasteiger partial charge in [-0.05, 0) is 171 Å². The van der Waals surface area contributed by atoms with Crippen molar-refractivity contribution >= 4 is 109 Å². The fraction of sp³-hybridized carbons (Fsp3) is 0.378. The Morgan fingerprint density at radius 2 is 0.766 bits per heavy atom. The van der Waals surface area contributed by atoms with Gasteiger partial charge in [-0.3, -0.25) is 15.0 Å². The highest BCUT2D eigenvalue weighted by atomic mass is 79.9. The number of carbonyl (C=O) groups excluding carboxylic acids is 4. The van der Waals surface area contributed by atoms with E-state index in [1.54, 1.807) is 157 Å². The van der Waals surface area contributed by atoms with Crippen molar-refractivity contribution in [3.63, 3.8) is 0 Å². The van der Waals surface area contributed by atoms with Gasteiger partial charge in [0.2, 0.25) is 0 Å². The number of ether oxygens (including phenoxy) is 4. The number of thioether (sulfide) groups is 3. The smallest absolute Gasteiger partial charge is 0.426 e. The van der Waals surface area contributed by atoms with E-state index in [-0.39, 0.29) is 22.2 Å². The first-order chi connectivity index (χ1) is 52.7. The van der Waals surface area contributed by atoms with E-state index >= 15 is 0 Å². The number of nitrogens with zero attached hydrogens (tertiary/aromatic N) is 16. The second kappa shape index (κ2) is 32.8. The van der Waals surface area contributed by atoms with E-state index in [9.17, 15) is 29.7 Å². The Morgan fingerprint density at radius 3 is 1.09 bits per heavy atom. The lowest BCUT2D eigenvalue weighted by Crippen LogP contribution is -2.49. The van der Waals surface area contributed by atoms with Gasteiger partial charge in [0.05, 0.1) is 41.9 Å². The van der Waals surface area contributed by atoms with Crippen molar-refractivity contribution in [2.24, 2.45) is 38.5 Å². The molecule has 3 saturated heterocycles. The molecule has 6 aliphatic heterocycles. The molecule has 0 radical (unpaired) electrons. The van der Waals surface area contributed by atoms with Crippen LogP contribution in [0.25, 0.3) is 22.3 Å². The second-order valence-electron chi connectivity index (χ2n) is 31.5. The highest BCUT2D eigenvalue weighted by Crippen LogP contribution is 2.51. The number of nitriles is 2. The zero-order valence-electron chi connectivity index (χ0n) is 63.9. The summed E-state index contributed by atoms with van der Waals surface area (Å²) in [6.07, 6.45) is 11.9. The molecule has 25 nitrogen and oxygen atoms in total. The molecule has 14 rings (SSSR count). The van der Waals surface area contributed by atoms with Crippen LogP contribution in [0.4, 0.5) is 36.6 Å². The molecule has 0 saturated carbocycles. The van der Waals surface area contributed by atoms with Gasteiger partial charge in [-0.25, -0.2) is 49.1 Å². The summed E-state index contributed by atoms with van der Waals surface area (Å²) in [6, 6.07) is 44.1. The van der Waals surface area contributed by atoms with Crippen LogP contribution in [0.5, 0.6) is 0 Å². The molecule has 0 spiro atoms. The Bertz CT molecular complexity index is 4890.